The third-order valence-corrected chi connectivity index (χ3v) is 6.85. The summed E-state index contributed by atoms with van der Waals surface area (Å²) in [6.07, 6.45) is 1.85. The number of carbonyl (C=O) groups is 1. The number of amides is 1. The summed E-state index contributed by atoms with van der Waals surface area (Å²) in [6, 6.07) is 7.58. The van der Waals surface area contributed by atoms with Crippen molar-refractivity contribution in [3.8, 4) is 0 Å². The van der Waals surface area contributed by atoms with Crippen LogP contribution in [0.2, 0.25) is 0 Å². The molecule has 1 aromatic carbocycles. The van der Waals surface area contributed by atoms with Crippen LogP contribution in [0.25, 0.3) is 16.0 Å². The van der Waals surface area contributed by atoms with Crippen LogP contribution in [0.5, 0.6) is 0 Å². The normalized spacial score (nSPS) is 16.4. The molecule has 31 heavy (non-hydrogen) atoms. The SMILES string of the molecule is O=C(CSc1nnc2n(C[C@H]3CCCO3)c(=O)c3sccc3n12)Nc1cccc(F)c1. The molecule has 1 atom stereocenters. The molecule has 8 nitrogen and oxygen atoms in total. The van der Waals surface area contributed by atoms with E-state index in [4.69, 9.17) is 4.74 Å². The Morgan fingerprint density at radius 3 is 3.06 bits per heavy atom. The molecule has 5 rings (SSSR count). The van der Waals surface area contributed by atoms with Gasteiger partial charge in [-0.25, -0.2) is 4.39 Å². The van der Waals surface area contributed by atoms with Crippen LogP contribution in [0, 0.1) is 5.82 Å². The molecule has 1 amide bonds. The zero-order valence-corrected chi connectivity index (χ0v) is 17.9. The summed E-state index contributed by atoms with van der Waals surface area (Å²) in [5, 5.41) is 13.5. The van der Waals surface area contributed by atoms with Gasteiger partial charge in [-0.3, -0.25) is 18.6 Å². The Balaban J connectivity index is 1.43. The van der Waals surface area contributed by atoms with Gasteiger partial charge in [-0.05, 0) is 42.5 Å². The van der Waals surface area contributed by atoms with Crippen molar-refractivity contribution in [2.24, 2.45) is 0 Å². The second-order valence-electron chi connectivity index (χ2n) is 7.15. The van der Waals surface area contributed by atoms with Crippen LogP contribution < -0.4 is 10.9 Å². The molecule has 1 aliphatic rings. The molecule has 11 heteroatoms. The summed E-state index contributed by atoms with van der Waals surface area (Å²) in [4.78, 5) is 25.4. The van der Waals surface area contributed by atoms with Crippen molar-refractivity contribution in [2.75, 3.05) is 17.7 Å². The van der Waals surface area contributed by atoms with E-state index in [0.717, 1.165) is 12.8 Å². The average Bonchev–Trinajstić information content (AvgIpc) is 3.50. The third-order valence-electron chi connectivity index (χ3n) is 5.03. The predicted molar refractivity (Wildman–Crippen MR) is 117 cm³/mol. The predicted octanol–water partition coefficient (Wildman–Crippen LogP) is 3.15. The third kappa shape index (κ3) is 3.95. The number of aromatic nitrogens is 4. The second-order valence-corrected chi connectivity index (χ2v) is 9.01. The number of ether oxygens (including phenoxy) is 1. The molecule has 0 bridgehead atoms. The molecule has 1 fully saturated rings. The van der Waals surface area contributed by atoms with Gasteiger partial charge in [0.05, 0.1) is 23.9 Å². The Morgan fingerprint density at radius 1 is 1.35 bits per heavy atom. The van der Waals surface area contributed by atoms with E-state index in [1.54, 1.807) is 10.6 Å². The number of rotatable bonds is 6. The number of thioether (sulfide) groups is 1. The first-order chi connectivity index (χ1) is 15.1. The van der Waals surface area contributed by atoms with Crippen molar-refractivity contribution in [1.82, 2.24) is 19.2 Å². The van der Waals surface area contributed by atoms with Crippen molar-refractivity contribution in [3.63, 3.8) is 0 Å². The van der Waals surface area contributed by atoms with Crippen molar-refractivity contribution >= 4 is 50.7 Å². The van der Waals surface area contributed by atoms with Gasteiger partial charge in [0.1, 0.15) is 10.5 Å². The monoisotopic (exact) mass is 459 g/mol. The van der Waals surface area contributed by atoms with Gasteiger partial charge in [0.15, 0.2) is 5.16 Å². The fraction of sp³-hybridized carbons (Fsp3) is 0.300. The first-order valence-electron chi connectivity index (χ1n) is 9.75. The minimum atomic E-state index is -0.419. The maximum atomic E-state index is 13.3. The zero-order chi connectivity index (χ0) is 21.4. The van der Waals surface area contributed by atoms with E-state index >= 15 is 0 Å². The standard InChI is InChI=1S/C20H18FN5O3S2/c21-12-3-1-4-13(9-12)22-16(27)11-31-20-24-23-19-25(10-14-5-2-7-29-14)18(28)17-15(26(19)20)6-8-30-17/h1,3-4,6,8-9,14H,2,5,7,10-11H2,(H,22,27)/t14-/m1/s1. The van der Waals surface area contributed by atoms with E-state index < -0.39 is 5.82 Å². The summed E-state index contributed by atoms with van der Waals surface area (Å²) in [6.45, 7) is 1.12. The molecule has 1 aliphatic heterocycles. The number of carbonyl (C=O) groups excluding carboxylic acids is 1. The average molecular weight is 460 g/mol. The lowest BCUT2D eigenvalue weighted by Crippen LogP contribution is -2.28. The fourth-order valence-electron chi connectivity index (χ4n) is 3.64. The Bertz CT molecular complexity index is 1330. The molecule has 1 N–H and O–H groups in total. The highest BCUT2D eigenvalue weighted by Gasteiger charge is 2.22. The van der Waals surface area contributed by atoms with Gasteiger partial charge in [0.2, 0.25) is 11.7 Å². The number of benzene rings is 1. The van der Waals surface area contributed by atoms with E-state index in [1.807, 2.05) is 15.8 Å². The summed E-state index contributed by atoms with van der Waals surface area (Å²) in [5.41, 5.74) is 0.995. The van der Waals surface area contributed by atoms with E-state index in [-0.39, 0.29) is 23.3 Å². The second kappa shape index (κ2) is 8.40. The van der Waals surface area contributed by atoms with E-state index in [1.165, 1.54) is 41.3 Å². The van der Waals surface area contributed by atoms with Gasteiger partial charge in [0.25, 0.3) is 5.56 Å². The number of hydrogen-bond donors (Lipinski definition) is 1. The van der Waals surface area contributed by atoms with Crippen molar-refractivity contribution in [2.45, 2.75) is 30.6 Å². The lowest BCUT2D eigenvalue weighted by molar-refractivity contribution is -0.113. The number of anilines is 1. The van der Waals surface area contributed by atoms with Crippen LogP contribution in [-0.2, 0) is 16.1 Å². The van der Waals surface area contributed by atoms with E-state index in [9.17, 15) is 14.0 Å². The van der Waals surface area contributed by atoms with Crippen LogP contribution in [0.15, 0.2) is 45.7 Å². The number of fused-ring (bicyclic) bond motifs is 3. The lowest BCUT2D eigenvalue weighted by atomic mass is 10.2. The number of hydrogen-bond acceptors (Lipinski definition) is 7. The number of nitrogens with zero attached hydrogens (tertiary/aromatic N) is 4. The first-order valence-corrected chi connectivity index (χ1v) is 11.6. The first kappa shape index (κ1) is 20.2. The highest BCUT2D eigenvalue weighted by Crippen LogP contribution is 2.25. The van der Waals surface area contributed by atoms with Crippen LogP contribution in [0.1, 0.15) is 12.8 Å². The smallest absolute Gasteiger partial charge is 0.272 e. The molecule has 4 heterocycles. The highest BCUT2D eigenvalue weighted by molar-refractivity contribution is 7.99. The van der Waals surface area contributed by atoms with Gasteiger partial charge < -0.3 is 10.1 Å². The van der Waals surface area contributed by atoms with E-state index in [2.05, 4.69) is 15.5 Å². The van der Waals surface area contributed by atoms with Crippen molar-refractivity contribution < 1.29 is 13.9 Å². The van der Waals surface area contributed by atoms with Gasteiger partial charge in [0, 0.05) is 12.3 Å². The summed E-state index contributed by atoms with van der Waals surface area (Å²) in [5.74, 6) is -0.215. The van der Waals surface area contributed by atoms with Crippen LogP contribution in [0.3, 0.4) is 0 Å². The van der Waals surface area contributed by atoms with Crippen molar-refractivity contribution in [1.29, 1.82) is 0 Å². The molecule has 3 aromatic heterocycles. The van der Waals surface area contributed by atoms with Gasteiger partial charge in [-0.1, -0.05) is 17.8 Å². The van der Waals surface area contributed by atoms with E-state index in [0.29, 0.717) is 40.0 Å². The Morgan fingerprint density at radius 2 is 2.26 bits per heavy atom. The molecule has 1 saturated heterocycles. The molecule has 0 aliphatic carbocycles. The maximum absolute atomic E-state index is 13.3. The zero-order valence-electron chi connectivity index (χ0n) is 16.3. The molecule has 0 spiro atoms. The van der Waals surface area contributed by atoms with Gasteiger partial charge in [-0.2, -0.15) is 0 Å². The summed E-state index contributed by atoms with van der Waals surface area (Å²) >= 11 is 2.57. The Hall–Kier alpha value is -2.76. The minimum absolute atomic E-state index is 0.0243. The largest absolute Gasteiger partial charge is 0.376 e. The Kier molecular flexibility index (Phi) is 5.47. The minimum Gasteiger partial charge on any atom is -0.376 e. The molecule has 160 valence electrons. The quantitative estimate of drug-likeness (QED) is 0.446. The van der Waals surface area contributed by atoms with Gasteiger partial charge in [-0.15, -0.1) is 21.5 Å². The maximum Gasteiger partial charge on any atom is 0.272 e. The molecule has 0 radical (unpaired) electrons. The molecule has 0 saturated carbocycles. The highest BCUT2D eigenvalue weighted by atomic mass is 32.2. The molecule has 4 aromatic rings. The summed E-state index contributed by atoms with van der Waals surface area (Å²) < 4.78 is 23.1. The topological polar surface area (TPSA) is 90.5 Å². The van der Waals surface area contributed by atoms with Crippen molar-refractivity contribution in [3.05, 3.63) is 51.9 Å². The van der Waals surface area contributed by atoms with Gasteiger partial charge >= 0.3 is 0 Å². The van der Waals surface area contributed by atoms with Crippen LogP contribution in [-0.4, -0.2) is 43.5 Å². The lowest BCUT2D eigenvalue weighted by Gasteiger charge is -2.13. The van der Waals surface area contributed by atoms with Crippen LogP contribution in [0.4, 0.5) is 10.1 Å². The molecular formula is C20H18FN5O3S2. The molecular weight excluding hydrogens is 441 g/mol. The number of thiophene rings is 1. The number of halogens is 1. The fourth-order valence-corrected chi connectivity index (χ4v) is 5.21. The van der Waals surface area contributed by atoms with Crippen LogP contribution >= 0.6 is 23.1 Å². The Labute approximate surface area is 184 Å². The number of nitrogens with one attached hydrogen (secondary N) is 1. The summed E-state index contributed by atoms with van der Waals surface area (Å²) in [7, 11) is 0. The molecule has 0 unspecified atom stereocenters.